The third kappa shape index (κ3) is 0.235. The van der Waals surface area contributed by atoms with E-state index in [-0.39, 0.29) is 0 Å². The van der Waals surface area contributed by atoms with Crippen molar-refractivity contribution in [3.05, 3.63) is 0 Å². The van der Waals surface area contributed by atoms with Crippen LogP contribution in [0.1, 0.15) is 20.3 Å². The van der Waals surface area contributed by atoms with Gasteiger partial charge in [-0.15, -0.1) is 0 Å². The largest absolute Gasteiger partial charge is 0.297 e. The fourth-order valence-corrected chi connectivity index (χ4v) is 2.16. The van der Waals surface area contributed by atoms with Crippen LogP contribution in [0, 0.1) is 5.92 Å². The third-order valence-electron chi connectivity index (χ3n) is 3.48. The highest BCUT2D eigenvalue weighted by atomic mass is 15.3. The van der Waals surface area contributed by atoms with Crippen molar-refractivity contribution >= 4 is 0 Å². The van der Waals surface area contributed by atoms with E-state index in [1.54, 1.807) is 0 Å². The van der Waals surface area contributed by atoms with Gasteiger partial charge in [0.2, 0.25) is 0 Å². The van der Waals surface area contributed by atoms with Gasteiger partial charge in [-0.1, -0.05) is 6.92 Å². The van der Waals surface area contributed by atoms with E-state index in [1.165, 1.54) is 6.42 Å². The topological polar surface area (TPSA) is 3.24 Å². The van der Waals surface area contributed by atoms with E-state index in [0.717, 1.165) is 12.0 Å². The molecule has 0 aromatic heterocycles. The fraction of sp³-hybridized carbons (Fsp3) is 1.00. The highest BCUT2D eigenvalue weighted by molar-refractivity contribution is 5.20. The van der Waals surface area contributed by atoms with Gasteiger partial charge in [-0.25, -0.2) is 0 Å². The number of nitrogens with zero attached hydrogens (tertiary/aromatic N) is 1. The Kier molecular flexibility index (Phi) is 0.583. The van der Waals surface area contributed by atoms with E-state index in [1.807, 2.05) is 0 Å². The Morgan fingerprint density at radius 1 is 1.62 bits per heavy atom. The Bertz CT molecular complexity index is 120. The summed E-state index contributed by atoms with van der Waals surface area (Å²) in [5.74, 6) is 0.979. The van der Waals surface area contributed by atoms with Gasteiger partial charge in [-0.05, 0) is 26.3 Å². The molecular weight excluding hydrogens is 98.1 g/mol. The van der Waals surface area contributed by atoms with Crippen LogP contribution in [0.25, 0.3) is 0 Å². The highest BCUT2D eigenvalue weighted by Crippen LogP contribution is 2.57. The predicted octanol–water partition coefficient (Wildman–Crippen LogP) is 1.10. The highest BCUT2D eigenvalue weighted by Gasteiger charge is 2.64. The lowest BCUT2D eigenvalue weighted by molar-refractivity contribution is -0.224. The second kappa shape index (κ2) is 0.971. The van der Waals surface area contributed by atoms with Crippen molar-refractivity contribution in [2.45, 2.75) is 31.8 Å². The first-order chi connectivity index (χ1) is 3.66. The molecule has 3 fully saturated rings. The normalized spacial score (nSPS) is 61.9. The van der Waals surface area contributed by atoms with Gasteiger partial charge in [0.15, 0.2) is 0 Å². The first-order valence-electron chi connectivity index (χ1n) is 3.39. The van der Waals surface area contributed by atoms with E-state index in [4.69, 9.17) is 0 Å². The van der Waals surface area contributed by atoms with Crippen LogP contribution in [0.3, 0.4) is 0 Å². The molecule has 3 rings (SSSR count). The second-order valence-electron chi connectivity index (χ2n) is 3.53. The maximum atomic E-state index is 2.48. The maximum absolute atomic E-state index is 2.48. The van der Waals surface area contributed by atoms with Crippen molar-refractivity contribution in [2.75, 3.05) is 7.05 Å². The molecule has 3 atom stereocenters. The molecule has 2 bridgehead atoms. The van der Waals surface area contributed by atoms with E-state index < -0.39 is 0 Å². The summed E-state index contributed by atoms with van der Waals surface area (Å²) in [6.07, 6.45) is 1.45. The molecule has 1 heteroatoms. The molecule has 2 saturated heterocycles. The van der Waals surface area contributed by atoms with Gasteiger partial charge in [0.25, 0.3) is 0 Å². The molecule has 2 heterocycles. The molecule has 1 nitrogen and oxygen atoms in total. The standard InChI is InChI=1S/C7H13N/c1-5-6-4-7(5,2)8(6)3/h5-6H,4H2,1-3H3. The second-order valence-corrected chi connectivity index (χ2v) is 3.53. The Balaban J connectivity index is 2.18. The summed E-state index contributed by atoms with van der Waals surface area (Å²) in [6.45, 7) is 4.71. The first kappa shape index (κ1) is 4.80. The van der Waals surface area contributed by atoms with Crippen molar-refractivity contribution in [3.63, 3.8) is 0 Å². The average molecular weight is 111 g/mol. The van der Waals surface area contributed by atoms with Crippen LogP contribution in [0.15, 0.2) is 0 Å². The van der Waals surface area contributed by atoms with Gasteiger partial charge in [-0.2, -0.15) is 0 Å². The number of rotatable bonds is 0. The zero-order valence-corrected chi connectivity index (χ0v) is 5.81. The maximum Gasteiger partial charge on any atom is 0.0236 e. The van der Waals surface area contributed by atoms with Crippen LogP contribution in [-0.2, 0) is 0 Å². The minimum absolute atomic E-state index is 0.616. The quantitative estimate of drug-likeness (QED) is 0.452. The van der Waals surface area contributed by atoms with E-state index in [2.05, 4.69) is 25.8 Å². The molecular formula is C7H13N. The van der Waals surface area contributed by atoms with E-state index in [9.17, 15) is 0 Å². The molecule has 0 radical (unpaired) electrons. The fourth-order valence-electron chi connectivity index (χ4n) is 2.16. The Hall–Kier alpha value is -0.0400. The summed E-state index contributed by atoms with van der Waals surface area (Å²) in [5.41, 5.74) is 0.616. The molecule has 1 aliphatic carbocycles. The minimum Gasteiger partial charge on any atom is -0.297 e. The molecule has 0 amide bonds. The Morgan fingerprint density at radius 3 is 2.25 bits per heavy atom. The monoisotopic (exact) mass is 111 g/mol. The summed E-state index contributed by atoms with van der Waals surface area (Å²) in [4.78, 5) is 2.48. The summed E-state index contributed by atoms with van der Waals surface area (Å²) in [7, 11) is 2.23. The van der Waals surface area contributed by atoms with Crippen molar-refractivity contribution in [1.29, 1.82) is 0 Å². The summed E-state index contributed by atoms with van der Waals surface area (Å²) >= 11 is 0. The van der Waals surface area contributed by atoms with Crippen molar-refractivity contribution in [1.82, 2.24) is 4.90 Å². The van der Waals surface area contributed by atoms with Gasteiger partial charge < -0.3 is 0 Å². The molecule has 46 valence electrons. The summed E-state index contributed by atoms with van der Waals surface area (Å²) in [5, 5.41) is 0. The third-order valence-corrected chi connectivity index (χ3v) is 3.48. The molecule has 0 aromatic rings. The van der Waals surface area contributed by atoms with Gasteiger partial charge in [0, 0.05) is 11.6 Å². The molecule has 3 aliphatic rings. The van der Waals surface area contributed by atoms with Crippen molar-refractivity contribution in [3.8, 4) is 0 Å². The average Bonchev–Trinajstić information content (AvgIpc) is 1.83. The summed E-state index contributed by atoms with van der Waals surface area (Å²) < 4.78 is 0. The van der Waals surface area contributed by atoms with Crippen LogP contribution in [0.2, 0.25) is 0 Å². The van der Waals surface area contributed by atoms with Crippen LogP contribution in [0.4, 0.5) is 0 Å². The first-order valence-corrected chi connectivity index (χ1v) is 3.39. The Morgan fingerprint density at radius 2 is 2.25 bits per heavy atom. The van der Waals surface area contributed by atoms with Crippen molar-refractivity contribution < 1.29 is 0 Å². The van der Waals surface area contributed by atoms with Gasteiger partial charge in [0.05, 0.1) is 0 Å². The molecule has 3 unspecified atom stereocenters. The van der Waals surface area contributed by atoms with Crippen LogP contribution >= 0.6 is 0 Å². The summed E-state index contributed by atoms with van der Waals surface area (Å²) in [6, 6.07) is 0.944. The lowest BCUT2D eigenvalue weighted by atomic mass is 9.53. The number of hydrogen-bond acceptors (Lipinski definition) is 1. The van der Waals surface area contributed by atoms with Crippen molar-refractivity contribution in [2.24, 2.45) is 5.92 Å². The van der Waals surface area contributed by atoms with Crippen LogP contribution in [-0.4, -0.2) is 23.5 Å². The van der Waals surface area contributed by atoms with Gasteiger partial charge in [-0.3, -0.25) is 4.90 Å². The predicted molar refractivity (Wildman–Crippen MR) is 33.7 cm³/mol. The van der Waals surface area contributed by atoms with Gasteiger partial charge >= 0.3 is 0 Å². The number of hydrogen-bond donors (Lipinski definition) is 0. The van der Waals surface area contributed by atoms with E-state index >= 15 is 0 Å². The lowest BCUT2D eigenvalue weighted by Gasteiger charge is -2.73. The Labute approximate surface area is 50.7 Å². The lowest BCUT2D eigenvalue weighted by Crippen LogP contribution is -2.81. The zero-order valence-electron chi connectivity index (χ0n) is 5.81. The van der Waals surface area contributed by atoms with Gasteiger partial charge in [0.1, 0.15) is 0 Å². The molecule has 8 heavy (non-hydrogen) atoms. The molecule has 0 spiro atoms. The molecule has 1 saturated carbocycles. The van der Waals surface area contributed by atoms with Crippen LogP contribution < -0.4 is 0 Å². The van der Waals surface area contributed by atoms with E-state index in [0.29, 0.717) is 5.54 Å². The van der Waals surface area contributed by atoms with Crippen LogP contribution in [0.5, 0.6) is 0 Å². The molecule has 0 aromatic carbocycles. The SMILES string of the molecule is CC1C2CC1(C)N2C. The zero-order chi connectivity index (χ0) is 5.94. The smallest absolute Gasteiger partial charge is 0.0236 e. The minimum atomic E-state index is 0.616. The molecule has 2 aliphatic heterocycles. The molecule has 0 N–H and O–H groups in total.